The molecule has 0 N–H and O–H groups in total. The average Bonchev–Trinajstić information content (AvgIpc) is 2.47. The Labute approximate surface area is 159 Å². The summed E-state index contributed by atoms with van der Waals surface area (Å²) < 4.78 is 65.9. The standard InChI is InChI=1S/C19H23F3O3SSi/c1-13-12-18(2,3)16-11-14(9-10-27(4,5)6)7-8-15(16)17(13)25-26(23,24)19(20,21)22/h7-8,11H,12H2,1-6H3. The minimum absolute atomic E-state index is 0.244. The summed E-state index contributed by atoms with van der Waals surface area (Å²) in [7, 11) is -7.32. The molecule has 1 aromatic carbocycles. The highest BCUT2D eigenvalue weighted by Crippen LogP contribution is 2.44. The first-order valence-electron chi connectivity index (χ1n) is 8.42. The summed E-state index contributed by atoms with van der Waals surface area (Å²) in [5, 5.41) is 0. The van der Waals surface area contributed by atoms with Gasteiger partial charge >= 0.3 is 15.6 Å². The van der Waals surface area contributed by atoms with Crippen molar-refractivity contribution in [2.45, 2.75) is 57.8 Å². The van der Waals surface area contributed by atoms with E-state index in [4.69, 9.17) is 0 Å². The summed E-state index contributed by atoms with van der Waals surface area (Å²) in [4.78, 5) is 0. The first-order valence-corrected chi connectivity index (χ1v) is 13.3. The van der Waals surface area contributed by atoms with Crippen LogP contribution in [0.25, 0.3) is 5.76 Å². The number of hydrogen-bond acceptors (Lipinski definition) is 3. The van der Waals surface area contributed by atoms with Crippen molar-refractivity contribution < 1.29 is 25.8 Å². The van der Waals surface area contributed by atoms with Crippen LogP contribution in [-0.2, 0) is 19.7 Å². The summed E-state index contributed by atoms with van der Waals surface area (Å²) in [5.74, 6) is 2.88. The molecule has 0 aromatic heterocycles. The van der Waals surface area contributed by atoms with Gasteiger partial charge in [0, 0.05) is 11.1 Å². The van der Waals surface area contributed by atoms with Crippen molar-refractivity contribution in [3.8, 4) is 11.5 Å². The second-order valence-corrected chi connectivity index (χ2v) is 14.7. The molecule has 0 saturated heterocycles. The minimum atomic E-state index is -5.73. The maximum atomic E-state index is 12.8. The molecule has 0 unspecified atom stereocenters. The van der Waals surface area contributed by atoms with Crippen molar-refractivity contribution in [3.05, 3.63) is 40.5 Å². The molecule has 0 radical (unpaired) electrons. The lowest BCUT2D eigenvalue weighted by Crippen LogP contribution is -2.29. The molecule has 0 amide bonds. The lowest BCUT2D eigenvalue weighted by atomic mass is 9.72. The fraction of sp³-hybridized carbons (Fsp3) is 0.474. The van der Waals surface area contributed by atoms with Crippen molar-refractivity contribution in [1.82, 2.24) is 0 Å². The first kappa shape index (κ1) is 21.6. The van der Waals surface area contributed by atoms with Crippen molar-refractivity contribution >= 4 is 24.0 Å². The maximum absolute atomic E-state index is 12.8. The van der Waals surface area contributed by atoms with Crippen LogP contribution in [0.3, 0.4) is 0 Å². The van der Waals surface area contributed by atoms with E-state index in [0.29, 0.717) is 17.6 Å². The van der Waals surface area contributed by atoms with Crippen LogP contribution in [0.2, 0.25) is 19.6 Å². The summed E-state index contributed by atoms with van der Waals surface area (Å²) in [6.07, 6.45) is 0.383. The normalized spacial score (nSPS) is 17.1. The molecule has 1 aliphatic rings. The molecule has 0 heterocycles. The molecule has 3 nitrogen and oxygen atoms in total. The molecule has 0 atom stereocenters. The largest absolute Gasteiger partial charge is 0.534 e. The third-order valence-electron chi connectivity index (χ3n) is 4.15. The number of fused-ring (bicyclic) bond motifs is 1. The molecule has 148 valence electrons. The van der Waals surface area contributed by atoms with E-state index in [-0.39, 0.29) is 11.2 Å². The van der Waals surface area contributed by atoms with Gasteiger partial charge in [0.25, 0.3) is 0 Å². The molecule has 27 heavy (non-hydrogen) atoms. The van der Waals surface area contributed by atoms with Gasteiger partial charge < -0.3 is 4.18 Å². The fourth-order valence-corrected chi connectivity index (χ4v) is 4.05. The summed E-state index contributed by atoms with van der Waals surface area (Å²) in [5.41, 5.74) is -0.316. The number of benzene rings is 1. The van der Waals surface area contributed by atoms with Gasteiger partial charge in [0.2, 0.25) is 0 Å². The summed E-state index contributed by atoms with van der Waals surface area (Å²) >= 11 is 0. The van der Waals surface area contributed by atoms with E-state index in [2.05, 4.69) is 35.3 Å². The van der Waals surface area contributed by atoms with Gasteiger partial charge in [-0.15, -0.1) is 5.54 Å². The van der Waals surface area contributed by atoms with E-state index < -0.39 is 23.7 Å². The number of allylic oxidation sites excluding steroid dienone is 1. The monoisotopic (exact) mass is 416 g/mol. The Kier molecular flexibility index (Phi) is 5.36. The van der Waals surface area contributed by atoms with Gasteiger partial charge in [-0.25, -0.2) is 0 Å². The SMILES string of the molecule is CC1=C(OS(=O)(=O)C(F)(F)F)c2ccc(C#C[Si](C)(C)C)cc2C(C)(C)C1. The zero-order valence-corrected chi connectivity index (χ0v) is 18.0. The number of alkyl halides is 3. The average molecular weight is 417 g/mol. The topological polar surface area (TPSA) is 43.4 Å². The Hall–Kier alpha value is -1.72. The Morgan fingerprint density at radius 2 is 1.78 bits per heavy atom. The fourth-order valence-electron chi connectivity index (χ4n) is 2.98. The molecule has 0 spiro atoms. The van der Waals surface area contributed by atoms with Gasteiger partial charge in [-0.3, -0.25) is 0 Å². The van der Waals surface area contributed by atoms with Crippen LogP contribution >= 0.6 is 0 Å². The van der Waals surface area contributed by atoms with Gasteiger partial charge in [-0.05, 0) is 48.1 Å². The third-order valence-corrected chi connectivity index (χ3v) is 5.97. The van der Waals surface area contributed by atoms with Crippen molar-refractivity contribution in [1.29, 1.82) is 0 Å². The zero-order valence-electron chi connectivity index (χ0n) is 16.2. The Balaban J connectivity index is 2.58. The molecule has 0 bridgehead atoms. The van der Waals surface area contributed by atoms with Crippen LogP contribution in [0.1, 0.15) is 43.9 Å². The van der Waals surface area contributed by atoms with E-state index >= 15 is 0 Å². The van der Waals surface area contributed by atoms with Crippen LogP contribution < -0.4 is 0 Å². The van der Waals surface area contributed by atoms with Gasteiger partial charge in [0.1, 0.15) is 13.8 Å². The summed E-state index contributed by atoms with van der Waals surface area (Å²) in [6.45, 7) is 11.8. The van der Waals surface area contributed by atoms with E-state index in [1.165, 1.54) is 0 Å². The molecule has 0 aliphatic heterocycles. The molecule has 0 saturated carbocycles. The molecule has 1 aliphatic carbocycles. The van der Waals surface area contributed by atoms with Gasteiger partial charge in [0.15, 0.2) is 0 Å². The van der Waals surface area contributed by atoms with Crippen molar-refractivity contribution in [2.75, 3.05) is 0 Å². The maximum Gasteiger partial charge on any atom is 0.534 e. The second-order valence-electron chi connectivity index (χ2n) is 8.41. The second kappa shape index (κ2) is 6.71. The number of hydrogen-bond donors (Lipinski definition) is 0. The minimum Gasteiger partial charge on any atom is -0.375 e. The van der Waals surface area contributed by atoms with Crippen molar-refractivity contribution in [2.24, 2.45) is 0 Å². The Morgan fingerprint density at radius 1 is 1.19 bits per heavy atom. The third kappa shape index (κ3) is 4.77. The van der Waals surface area contributed by atoms with Gasteiger partial charge in [-0.1, -0.05) is 39.4 Å². The highest BCUT2D eigenvalue weighted by atomic mass is 32.2. The quantitative estimate of drug-likeness (QED) is 0.288. The van der Waals surface area contributed by atoms with Gasteiger partial charge in [-0.2, -0.15) is 21.6 Å². The first-order chi connectivity index (χ1) is 12.0. The van der Waals surface area contributed by atoms with Crippen LogP contribution in [-0.4, -0.2) is 22.0 Å². The van der Waals surface area contributed by atoms with E-state index in [1.54, 1.807) is 19.1 Å². The Bertz CT molecular complexity index is 957. The van der Waals surface area contributed by atoms with Crippen LogP contribution in [0.15, 0.2) is 23.8 Å². The summed E-state index contributed by atoms with van der Waals surface area (Å²) in [6, 6.07) is 5.10. The van der Waals surface area contributed by atoms with Gasteiger partial charge in [0.05, 0.1) is 0 Å². The lowest BCUT2D eigenvalue weighted by molar-refractivity contribution is -0.0509. The highest BCUT2D eigenvalue weighted by molar-refractivity contribution is 7.87. The smallest absolute Gasteiger partial charge is 0.375 e. The molecule has 8 heteroatoms. The van der Waals surface area contributed by atoms with Crippen LogP contribution in [0.4, 0.5) is 13.2 Å². The molecule has 0 fully saturated rings. The van der Waals surface area contributed by atoms with E-state index in [0.717, 1.165) is 11.1 Å². The highest BCUT2D eigenvalue weighted by Gasteiger charge is 2.49. The number of halogens is 3. The predicted molar refractivity (Wildman–Crippen MR) is 103 cm³/mol. The molecule has 2 rings (SSSR count). The zero-order chi connectivity index (χ0) is 20.8. The molecular formula is C19H23F3O3SSi. The molecular weight excluding hydrogens is 393 g/mol. The molecule has 1 aromatic rings. The number of rotatable bonds is 2. The Morgan fingerprint density at radius 3 is 2.30 bits per heavy atom. The van der Waals surface area contributed by atoms with Crippen molar-refractivity contribution in [3.63, 3.8) is 0 Å². The van der Waals surface area contributed by atoms with E-state index in [1.807, 2.05) is 19.9 Å². The lowest BCUT2D eigenvalue weighted by Gasteiger charge is -2.34. The van der Waals surface area contributed by atoms with E-state index in [9.17, 15) is 21.6 Å². The van der Waals surface area contributed by atoms with Crippen LogP contribution in [0.5, 0.6) is 0 Å². The van der Waals surface area contributed by atoms with Crippen LogP contribution in [0, 0.1) is 11.5 Å². The predicted octanol–water partition coefficient (Wildman–Crippen LogP) is 5.19.